The number of amides is 1. The fourth-order valence-electron chi connectivity index (χ4n) is 2.85. The van der Waals surface area contributed by atoms with Crippen molar-refractivity contribution in [2.45, 2.75) is 20.8 Å². The Morgan fingerprint density at radius 2 is 1.96 bits per heavy atom. The summed E-state index contributed by atoms with van der Waals surface area (Å²) in [5.74, 6) is 0.625. The molecule has 0 radical (unpaired) electrons. The lowest BCUT2D eigenvalue weighted by Crippen LogP contribution is -2.21. The van der Waals surface area contributed by atoms with Crippen molar-refractivity contribution in [2.24, 2.45) is 10.2 Å². The van der Waals surface area contributed by atoms with Crippen LogP contribution in [-0.4, -0.2) is 31.1 Å². The van der Waals surface area contributed by atoms with E-state index in [2.05, 4.69) is 39.3 Å². The normalized spacial score (nSPS) is 11.1. The predicted octanol–water partition coefficient (Wildman–Crippen LogP) is 5.52. The Balaban J connectivity index is 1.92. The molecule has 0 fully saturated rings. The first-order chi connectivity index (χ1) is 13.5. The summed E-state index contributed by atoms with van der Waals surface area (Å²) < 4.78 is 6.22. The minimum atomic E-state index is -0.153. The molecule has 0 saturated heterocycles. The van der Waals surface area contributed by atoms with Crippen molar-refractivity contribution in [3.05, 3.63) is 36.4 Å². The summed E-state index contributed by atoms with van der Waals surface area (Å²) in [6.45, 7) is 7.43. The lowest BCUT2D eigenvalue weighted by Gasteiger charge is -2.22. The van der Waals surface area contributed by atoms with Gasteiger partial charge in [-0.15, -0.1) is 10.2 Å². The molecule has 8 heteroatoms. The standard InChI is InChI=1S/C20H23N5O2S/c1-5-25(6-2)14-7-9-16(18(11-14)21-13(3)26)23-24-20-22-17-10-8-15(27-4)12-19(17)28-20/h7-12H,5-6H2,1-4H3,(H,21,26). The van der Waals surface area contributed by atoms with Gasteiger partial charge in [0.25, 0.3) is 0 Å². The molecule has 0 atom stereocenters. The molecule has 0 unspecified atom stereocenters. The number of aromatic nitrogens is 1. The highest BCUT2D eigenvalue weighted by Crippen LogP contribution is 2.34. The number of nitrogens with zero attached hydrogens (tertiary/aromatic N) is 4. The summed E-state index contributed by atoms with van der Waals surface area (Å²) >= 11 is 1.43. The maximum absolute atomic E-state index is 11.6. The van der Waals surface area contributed by atoms with Crippen molar-refractivity contribution in [2.75, 3.05) is 30.4 Å². The van der Waals surface area contributed by atoms with E-state index in [0.29, 0.717) is 16.5 Å². The van der Waals surface area contributed by atoms with E-state index < -0.39 is 0 Å². The fraction of sp³-hybridized carbons (Fsp3) is 0.300. The fourth-order valence-corrected chi connectivity index (χ4v) is 3.66. The van der Waals surface area contributed by atoms with Gasteiger partial charge >= 0.3 is 0 Å². The number of nitrogens with one attached hydrogen (secondary N) is 1. The third-order valence-corrected chi connectivity index (χ3v) is 5.15. The highest BCUT2D eigenvalue weighted by atomic mass is 32.1. The van der Waals surface area contributed by atoms with Crippen LogP contribution < -0.4 is 15.0 Å². The molecule has 0 aliphatic carbocycles. The van der Waals surface area contributed by atoms with Crippen LogP contribution in [0.1, 0.15) is 20.8 Å². The summed E-state index contributed by atoms with van der Waals surface area (Å²) in [6, 6.07) is 11.4. The molecule has 0 saturated carbocycles. The van der Waals surface area contributed by atoms with Crippen LogP contribution >= 0.6 is 11.3 Å². The molecule has 0 spiro atoms. The quantitative estimate of drug-likeness (QED) is 0.532. The van der Waals surface area contributed by atoms with E-state index in [4.69, 9.17) is 4.74 Å². The second-order valence-corrected chi connectivity index (χ2v) is 7.09. The molecule has 1 aromatic heterocycles. The highest BCUT2D eigenvalue weighted by molar-refractivity contribution is 7.21. The zero-order valence-electron chi connectivity index (χ0n) is 16.4. The summed E-state index contributed by atoms with van der Waals surface area (Å²) in [5, 5.41) is 12.0. The summed E-state index contributed by atoms with van der Waals surface area (Å²) in [6.07, 6.45) is 0. The van der Waals surface area contributed by atoms with E-state index in [1.165, 1.54) is 18.3 Å². The van der Waals surface area contributed by atoms with E-state index in [1.54, 1.807) is 7.11 Å². The third-order valence-electron chi connectivity index (χ3n) is 4.25. The van der Waals surface area contributed by atoms with E-state index in [-0.39, 0.29) is 5.91 Å². The number of fused-ring (bicyclic) bond motifs is 1. The number of ether oxygens (including phenoxy) is 1. The van der Waals surface area contributed by atoms with E-state index in [9.17, 15) is 4.79 Å². The van der Waals surface area contributed by atoms with Gasteiger partial charge in [0.1, 0.15) is 11.4 Å². The summed E-state index contributed by atoms with van der Waals surface area (Å²) in [5.41, 5.74) is 3.09. The average Bonchev–Trinajstić information content (AvgIpc) is 3.09. The molecule has 7 nitrogen and oxygen atoms in total. The topological polar surface area (TPSA) is 79.2 Å². The van der Waals surface area contributed by atoms with Crippen LogP contribution in [0, 0.1) is 0 Å². The van der Waals surface area contributed by atoms with Crippen molar-refractivity contribution >= 4 is 49.7 Å². The molecular weight excluding hydrogens is 374 g/mol. The van der Waals surface area contributed by atoms with Crippen LogP contribution in [0.3, 0.4) is 0 Å². The molecule has 1 heterocycles. The van der Waals surface area contributed by atoms with Gasteiger partial charge in [0.15, 0.2) is 0 Å². The maximum atomic E-state index is 11.6. The van der Waals surface area contributed by atoms with Gasteiger partial charge in [-0.25, -0.2) is 4.98 Å². The number of anilines is 2. The number of hydrogen-bond donors (Lipinski definition) is 1. The second kappa shape index (κ2) is 8.79. The molecule has 28 heavy (non-hydrogen) atoms. The highest BCUT2D eigenvalue weighted by Gasteiger charge is 2.10. The molecule has 3 aromatic rings. The van der Waals surface area contributed by atoms with Crippen molar-refractivity contribution in [1.29, 1.82) is 0 Å². The van der Waals surface area contributed by atoms with Crippen LogP contribution in [-0.2, 0) is 4.79 Å². The Kier molecular flexibility index (Phi) is 6.20. The minimum absolute atomic E-state index is 0.153. The smallest absolute Gasteiger partial charge is 0.231 e. The Hall–Kier alpha value is -3.00. The molecule has 146 valence electrons. The molecule has 2 aromatic carbocycles. The average molecular weight is 398 g/mol. The van der Waals surface area contributed by atoms with E-state index in [1.807, 2.05) is 36.4 Å². The minimum Gasteiger partial charge on any atom is -0.497 e. The number of methoxy groups -OCH3 is 1. The van der Waals surface area contributed by atoms with Gasteiger partial charge in [-0.2, -0.15) is 0 Å². The number of hydrogen-bond acceptors (Lipinski definition) is 7. The first kappa shape index (κ1) is 19.8. The van der Waals surface area contributed by atoms with Crippen LogP contribution in [0.2, 0.25) is 0 Å². The lowest BCUT2D eigenvalue weighted by molar-refractivity contribution is -0.114. The first-order valence-electron chi connectivity index (χ1n) is 9.07. The number of carbonyl (C=O) groups is 1. The van der Waals surface area contributed by atoms with Crippen LogP contribution in [0.25, 0.3) is 10.2 Å². The monoisotopic (exact) mass is 397 g/mol. The van der Waals surface area contributed by atoms with E-state index in [0.717, 1.165) is 34.7 Å². The molecule has 1 N–H and O–H groups in total. The Morgan fingerprint density at radius 1 is 1.18 bits per heavy atom. The Bertz CT molecular complexity index is 1010. The van der Waals surface area contributed by atoms with Gasteiger partial charge in [-0.1, -0.05) is 11.3 Å². The first-order valence-corrected chi connectivity index (χ1v) is 9.88. The largest absolute Gasteiger partial charge is 0.497 e. The van der Waals surface area contributed by atoms with Gasteiger partial charge < -0.3 is 15.0 Å². The molecule has 0 aliphatic heterocycles. The molecule has 1 amide bonds. The maximum Gasteiger partial charge on any atom is 0.231 e. The van der Waals surface area contributed by atoms with Crippen LogP contribution in [0.4, 0.5) is 22.2 Å². The zero-order chi connectivity index (χ0) is 20.1. The molecule has 3 rings (SSSR count). The SMILES string of the molecule is CCN(CC)c1ccc(N=Nc2nc3ccc(OC)cc3s2)c(NC(C)=O)c1. The second-order valence-electron chi connectivity index (χ2n) is 6.09. The lowest BCUT2D eigenvalue weighted by atomic mass is 10.2. The number of rotatable bonds is 7. The number of benzene rings is 2. The van der Waals surface area contributed by atoms with Gasteiger partial charge in [0.05, 0.1) is 23.0 Å². The predicted molar refractivity (Wildman–Crippen MR) is 115 cm³/mol. The van der Waals surface area contributed by atoms with Crippen LogP contribution in [0.15, 0.2) is 46.6 Å². The summed E-state index contributed by atoms with van der Waals surface area (Å²) in [4.78, 5) is 18.3. The molecule has 0 aliphatic rings. The Labute approximate surface area is 168 Å². The number of carbonyl (C=O) groups excluding carboxylic acids is 1. The Morgan fingerprint density at radius 3 is 2.64 bits per heavy atom. The third kappa shape index (κ3) is 4.45. The molecular formula is C20H23N5O2S. The van der Waals surface area contributed by atoms with Gasteiger partial charge in [0.2, 0.25) is 11.0 Å². The van der Waals surface area contributed by atoms with Crippen molar-refractivity contribution in [3.8, 4) is 5.75 Å². The van der Waals surface area contributed by atoms with Gasteiger partial charge in [-0.3, -0.25) is 4.79 Å². The van der Waals surface area contributed by atoms with Gasteiger partial charge in [-0.05, 0) is 50.2 Å². The zero-order valence-corrected chi connectivity index (χ0v) is 17.2. The number of thiazole rings is 1. The molecule has 0 bridgehead atoms. The van der Waals surface area contributed by atoms with E-state index >= 15 is 0 Å². The van der Waals surface area contributed by atoms with Crippen molar-refractivity contribution < 1.29 is 9.53 Å². The van der Waals surface area contributed by atoms with Gasteiger partial charge in [0, 0.05) is 25.7 Å². The number of azo groups is 1. The van der Waals surface area contributed by atoms with Crippen molar-refractivity contribution in [3.63, 3.8) is 0 Å². The summed E-state index contributed by atoms with van der Waals surface area (Å²) in [7, 11) is 1.63. The van der Waals surface area contributed by atoms with Crippen molar-refractivity contribution in [1.82, 2.24) is 4.98 Å². The van der Waals surface area contributed by atoms with Crippen LogP contribution in [0.5, 0.6) is 5.75 Å².